The van der Waals surface area contributed by atoms with E-state index in [0.717, 1.165) is 9.87 Å². The average molecular weight is 621 g/mol. The Kier molecular flexibility index (Phi) is 10.0. The lowest BCUT2D eigenvalue weighted by Crippen LogP contribution is -2.53. The van der Waals surface area contributed by atoms with Gasteiger partial charge in [0, 0.05) is 25.6 Å². The number of rotatable bonds is 12. The van der Waals surface area contributed by atoms with Gasteiger partial charge in [0.2, 0.25) is 28.6 Å². The van der Waals surface area contributed by atoms with Crippen LogP contribution in [0.1, 0.15) is 25.0 Å². The molecule has 0 fully saturated rings. The molecule has 1 aliphatic heterocycles. The first-order valence-electron chi connectivity index (χ1n) is 13.1. The summed E-state index contributed by atoms with van der Waals surface area (Å²) in [6.07, 6.45) is 0.213. The van der Waals surface area contributed by atoms with E-state index in [1.165, 1.54) is 17.9 Å². The third-order valence-corrected chi connectivity index (χ3v) is 9.06. The highest BCUT2D eigenvalue weighted by Gasteiger charge is 2.34. The van der Waals surface area contributed by atoms with Gasteiger partial charge in [-0.3, -0.25) is 13.9 Å². The molecule has 4 rings (SSSR count). The van der Waals surface area contributed by atoms with Gasteiger partial charge < -0.3 is 19.7 Å². The maximum absolute atomic E-state index is 14.1. The molecule has 0 aromatic heterocycles. The van der Waals surface area contributed by atoms with Crippen LogP contribution in [-0.2, 0) is 32.6 Å². The van der Waals surface area contributed by atoms with Crippen LogP contribution >= 0.6 is 23.2 Å². The molecule has 12 heteroatoms. The Morgan fingerprint density at radius 3 is 2.34 bits per heavy atom. The van der Waals surface area contributed by atoms with E-state index in [-0.39, 0.29) is 37.1 Å². The lowest BCUT2D eigenvalue weighted by atomic mass is 10.0. The number of fused-ring (bicyclic) bond motifs is 1. The zero-order valence-corrected chi connectivity index (χ0v) is 25.0. The average Bonchev–Trinajstić information content (AvgIpc) is 3.44. The topological polar surface area (TPSA) is 105 Å². The van der Waals surface area contributed by atoms with E-state index in [0.29, 0.717) is 33.7 Å². The predicted molar refractivity (Wildman–Crippen MR) is 159 cm³/mol. The second-order valence-electron chi connectivity index (χ2n) is 9.31. The monoisotopic (exact) mass is 619 g/mol. The summed E-state index contributed by atoms with van der Waals surface area (Å²) in [7, 11) is -3.91. The molecular formula is C29H31Cl2N3O6S. The molecule has 1 N–H and O–H groups in total. The zero-order valence-electron chi connectivity index (χ0n) is 22.7. The molecule has 9 nitrogen and oxygen atoms in total. The number of halogens is 2. The molecule has 218 valence electrons. The molecule has 1 unspecified atom stereocenters. The first kappa shape index (κ1) is 30.5. The van der Waals surface area contributed by atoms with Gasteiger partial charge in [-0.1, -0.05) is 59.6 Å². The Balaban J connectivity index is 1.75. The van der Waals surface area contributed by atoms with Gasteiger partial charge in [0.1, 0.15) is 12.6 Å². The highest BCUT2D eigenvalue weighted by atomic mass is 35.5. The molecular weight excluding hydrogens is 589 g/mol. The Bertz CT molecular complexity index is 1500. The highest BCUT2D eigenvalue weighted by molar-refractivity contribution is 7.92. The van der Waals surface area contributed by atoms with Crippen LogP contribution in [-0.4, -0.2) is 56.8 Å². The van der Waals surface area contributed by atoms with Crippen molar-refractivity contribution in [1.29, 1.82) is 0 Å². The van der Waals surface area contributed by atoms with E-state index in [2.05, 4.69) is 5.32 Å². The quantitative estimate of drug-likeness (QED) is 0.316. The number of carbonyl (C=O) groups excluding carboxylic acids is 2. The predicted octanol–water partition coefficient (Wildman–Crippen LogP) is 4.65. The first-order chi connectivity index (χ1) is 19.6. The summed E-state index contributed by atoms with van der Waals surface area (Å²) in [6.45, 7) is 3.11. The number of sulfonamides is 1. The molecule has 1 atom stereocenters. The molecule has 1 aliphatic rings. The van der Waals surface area contributed by atoms with Gasteiger partial charge in [-0.15, -0.1) is 0 Å². The fraction of sp³-hybridized carbons (Fsp3) is 0.310. The van der Waals surface area contributed by atoms with Crippen LogP contribution in [0.2, 0.25) is 10.0 Å². The summed E-state index contributed by atoms with van der Waals surface area (Å²) in [5.41, 5.74) is 1.71. The number of amides is 2. The summed E-state index contributed by atoms with van der Waals surface area (Å²) in [4.78, 5) is 29.0. The Hall–Kier alpha value is -3.47. The minimum atomic E-state index is -3.91. The van der Waals surface area contributed by atoms with Crippen LogP contribution in [0.15, 0.2) is 66.7 Å². The third-order valence-electron chi connectivity index (χ3n) is 6.58. The molecule has 1 heterocycles. The van der Waals surface area contributed by atoms with Gasteiger partial charge in [0.05, 0.1) is 21.5 Å². The molecule has 0 saturated carbocycles. The van der Waals surface area contributed by atoms with Crippen molar-refractivity contribution in [3.8, 4) is 11.5 Å². The van der Waals surface area contributed by atoms with Gasteiger partial charge >= 0.3 is 0 Å². The SMILES string of the molecule is CCNC(=O)C(Cc1ccccc1)N(Cc1ccc(Cl)c(Cl)c1)C(=O)CN(c1ccc2c(c1)OCO2)S(=O)(=O)CC. The van der Waals surface area contributed by atoms with Crippen molar-refractivity contribution in [3.63, 3.8) is 0 Å². The van der Waals surface area contributed by atoms with Gasteiger partial charge in [0.15, 0.2) is 11.5 Å². The Labute approximate surface area is 250 Å². The van der Waals surface area contributed by atoms with Crippen molar-refractivity contribution in [2.45, 2.75) is 32.9 Å². The minimum Gasteiger partial charge on any atom is -0.454 e. The number of hydrogen-bond acceptors (Lipinski definition) is 6. The van der Waals surface area contributed by atoms with Crippen molar-refractivity contribution >= 4 is 50.7 Å². The normalized spacial score (nSPS) is 13.0. The number of ether oxygens (including phenoxy) is 2. The van der Waals surface area contributed by atoms with Crippen molar-refractivity contribution in [3.05, 3.63) is 87.9 Å². The van der Waals surface area contributed by atoms with E-state index in [1.54, 1.807) is 37.3 Å². The van der Waals surface area contributed by atoms with E-state index in [4.69, 9.17) is 32.7 Å². The lowest BCUT2D eigenvalue weighted by Gasteiger charge is -2.33. The smallest absolute Gasteiger partial charge is 0.244 e. The number of carbonyl (C=O) groups is 2. The summed E-state index contributed by atoms with van der Waals surface area (Å²) in [6, 6.07) is 18.0. The highest BCUT2D eigenvalue weighted by Crippen LogP contribution is 2.36. The third kappa shape index (κ3) is 7.44. The fourth-order valence-corrected chi connectivity index (χ4v) is 5.82. The number of nitrogens with zero attached hydrogens (tertiary/aromatic N) is 2. The molecule has 3 aromatic carbocycles. The van der Waals surface area contributed by atoms with Crippen LogP contribution in [0.5, 0.6) is 11.5 Å². The first-order valence-corrected chi connectivity index (χ1v) is 15.4. The van der Waals surface area contributed by atoms with Gasteiger partial charge in [-0.25, -0.2) is 8.42 Å². The summed E-state index contributed by atoms with van der Waals surface area (Å²) >= 11 is 12.4. The number of anilines is 1. The maximum atomic E-state index is 14.1. The van der Waals surface area contributed by atoms with Crippen LogP contribution in [0.25, 0.3) is 0 Å². The largest absolute Gasteiger partial charge is 0.454 e. The second kappa shape index (κ2) is 13.5. The Morgan fingerprint density at radius 1 is 0.927 bits per heavy atom. The summed E-state index contributed by atoms with van der Waals surface area (Å²) in [5, 5.41) is 3.46. The Morgan fingerprint density at radius 2 is 1.66 bits per heavy atom. The molecule has 0 spiro atoms. The molecule has 0 radical (unpaired) electrons. The van der Waals surface area contributed by atoms with Crippen LogP contribution < -0.4 is 19.1 Å². The molecule has 0 aliphatic carbocycles. The molecule has 2 amide bonds. The molecule has 0 bridgehead atoms. The number of benzene rings is 3. The van der Waals surface area contributed by atoms with E-state index >= 15 is 0 Å². The van der Waals surface area contributed by atoms with Gasteiger partial charge in [-0.2, -0.15) is 0 Å². The van der Waals surface area contributed by atoms with Crippen molar-refractivity contribution < 1.29 is 27.5 Å². The lowest BCUT2D eigenvalue weighted by molar-refractivity contribution is -0.140. The molecule has 41 heavy (non-hydrogen) atoms. The van der Waals surface area contributed by atoms with Crippen molar-refractivity contribution in [2.24, 2.45) is 0 Å². The number of likely N-dealkylation sites (N-methyl/N-ethyl adjacent to an activating group) is 1. The van der Waals surface area contributed by atoms with Crippen LogP contribution in [0.4, 0.5) is 5.69 Å². The van der Waals surface area contributed by atoms with Gasteiger partial charge in [-0.05, 0) is 49.2 Å². The van der Waals surface area contributed by atoms with Crippen molar-refractivity contribution in [2.75, 3.05) is 29.9 Å². The molecule has 0 saturated heterocycles. The van der Waals surface area contributed by atoms with Crippen LogP contribution in [0, 0.1) is 0 Å². The fourth-order valence-electron chi connectivity index (χ4n) is 4.44. The van der Waals surface area contributed by atoms with Crippen LogP contribution in [0.3, 0.4) is 0 Å². The number of nitrogens with one attached hydrogen (secondary N) is 1. The number of hydrogen-bond donors (Lipinski definition) is 1. The van der Waals surface area contributed by atoms with E-state index in [9.17, 15) is 18.0 Å². The zero-order chi connectivity index (χ0) is 29.6. The second-order valence-corrected chi connectivity index (χ2v) is 12.3. The van der Waals surface area contributed by atoms with E-state index < -0.39 is 28.5 Å². The standard InChI is InChI=1S/C29H31Cl2N3O6S/c1-3-32-29(36)25(15-20-8-6-5-7-9-20)33(17-21-10-12-23(30)24(31)14-21)28(35)18-34(41(37,38)4-2)22-11-13-26-27(16-22)40-19-39-26/h5-14,16,25H,3-4,15,17-19H2,1-2H3,(H,32,36). The summed E-state index contributed by atoms with van der Waals surface area (Å²) < 4.78 is 38.4. The minimum absolute atomic E-state index is 0.00842. The van der Waals surface area contributed by atoms with Gasteiger partial charge in [0.25, 0.3) is 0 Å². The van der Waals surface area contributed by atoms with Crippen molar-refractivity contribution in [1.82, 2.24) is 10.2 Å². The molecule has 3 aromatic rings. The maximum Gasteiger partial charge on any atom is 0.244 e. The van der Waals surface area contributed by atoms with E-state index in [1.807, 2.05) is 30.3 Å². The summed E-state index contributed by atoms with van der Waals surface area (Å²) in [5.74, 6) is -0.320.